The number of nitrogen functional groups attached to an aromatic ring is 1. The molecule has 7 heteroatoms. The number of nitrogens with two attached hydrogens (primary N) is 1. The van der Waals surface area contributed by atoms with Gasteiger partial charge in [-0.25, -0.2) is 0 Å². The fourth-order valence-corrected chi connectivity index (χ4v) is 3.32. The summed E-state index contributed by atoms with van der Waals surface area (Å²) in [5, 5.41) is 7.21. The molecule has 0 aliphatic rings. The smallest absolute Gasteiger partial charge is 0.310 e. The Bertz CT molecular complexity index is 1010. The maximum atomic E-state index is 11.4. The van der Waals surface area contributed by atoms with Gasteiger partial charge in [0.15, 0.2) is 0 Å². The van der Waals surface area contributed by atoms with E-state index >= 15 is 0 Å². The minimum Gasteiger partial charge on any atom is -0.466 e. The van der Waals surface area contributed by atoms with E-state index in [1.165, 1.54) is 5.56 Å². The lowest BCUT2D eigenvalue weighted by Crippen LogP contribution is -2.23. The first-order valence-corrected chi connectivity index (χ1v) is 11.5. The molecule has 3 aromatic carbocycles. The Morgan fingerprint density at radius 1 is 1.00 bits per heavy atom. The van der Waals surface area contributed by atoms with E-state index in [0.717, 1.165) is 17.7 Å². The molecule has 3 rings (SSSR count). The lowest BCUT2D eigenvalue weighted by atomic mass is 10.1. The fourth-order valence-electron chi connectivity index (χ4n) is 2.98. The van der Waals surface area contributed by atoms with Gasteiger partial charge in [0, 0.05) is 11.7 Å². The molecule has 0 aromatic heterocycles. The van der Waals surface area contributed by atoms with Crippen LogP contribution >= 0.6 is 23.2 Å². The van der Waals surface area contributed by atoms with Gasteiger partial charge in [-0.3, -0.25) is 4.79 Å². The van der Waals surface area contributed by atoms with E-state index < -0.39 is 0 Å². The molecule has 0 aliphatic heterocycles. The molecule has 0 amide bonds. The van der Waals surface area contributed by atoms with Crippen LogP contribution in [0.3, 0.4) is 0 Å². The highest BCUT2D eigenvalue weighted by molar-refractivity contribution is 6.42. The van der Waals surface area contributed by atoms with Crippen molar-refractivity contribution in [2.45, 2.75) is 32.7 Å². The molecule has 3 aromatic rings. The van der Waals surface area contributed by atoms with Gasteiger partial charge >= 0.3 is 5.97 Å². The second-order valence-electron chi connectivity index (χ2n) is 7.54. The van der Waals surface area contributed by atoms with E-state index in [4.69, 9.17) is 33.7 Å². The number of anilines is 3. The number of ether oxygens (including phenoxy) is 1. The number of halogens is 2. The normalized spacial score (nSPS) is 11.2. The van der Waals surface area contributed by atoms with Crippen molar-refractivity contribution in [3.05, 3.63) is 87.9 Å². The third-order valence-corrected chi connectivity index (χ3v) is 5.58. The minimum atomic E-state index is -0.239. The summed E-state index contributed by atoms with van der Waals surface area (Å²) in [5.74, 6) is -0.239. The van der Waals surface area contributed by atoms with E-state index in [0.29, 0.717) is 34.1 Å². The number of hydrogen-bond donors (Lipinski definition) is 3. The first kappa shape index (κ1) is 26.5. The zero-order valence-corrected chi connectivity index (χ0v) is 20.7. The van der Waals surface area contributed by atoms with Crippen molar-refractivity contribution < 1.29 is 9.53 Å². The molecular formula is C26H31Cl2N3O2. The molecule has 0 aliphatic carbocycles. The van der Waals surface area contributed by atoms with Crippen molar-refractivity contribution in [2.24, 2.45) is 0 Å². The van der Waals surface area contributed by atoms with Crippen LogP contribution in [0.25, 0.3) is 0 Å². The largest absolute Gasteiger partial charge is 0.466 e. The van der Waals surface area contributed by atoms with Crippen molar-refractivity contribution in [3.8, 4) is 0 Å². The Labute approximate surface area is 206 Å². The predicted octanol–water partition coefficient (Wildman–Crippen LogP) is 6.26. The van der Waals surface area contributed by atoms with Gasteiger partial charge in [0.2, 0.25) is 0 Å². The van der Waals surface area contributed by atoms with Crippen LogP contribution < -0.4 is 16.4 Å². The number of carbonyl (C=O) groups excluding carboxylic acids is 1. The van der Waals surface area contributed by atoms with Crippen LogP contribution in [-0.4, -0.2) is 25.7 Å². The number of rotatable bonds is 8. The van der Waals surface area contributed by atoms with Gasteiger partial charge in [-0.05, 0) is 62.7 Å². The predicted molar refractivity (Wildman–Crippen MR) is 140 cm³/mol. The van der Waals surface area contributed by atoms with Crippen molar-refractivity contribution in [2.75, 3.05) is 24.7 Å². The molecule has 0 saturated heterocycles. The number of nitrogens with one attached hydrogen (secondary N) is 2. The van der Waals surface area contributed by atoms with Gasteiger partial charge in [-0.1, -0.05) is 65.7 Å². The van der Waals surface area contributed by atoms with Gasteiger partial charge in [-0.15, -0.1) is 0 Å². The maximum Gasteiger partial charge on any atom is 0.310 e. The molecule has 33 heavy (non-hydrogen) atoms. The van der Waals surface area contributed by atoms with Crippen LogP contribution in [-0.2, 0) is 22.4 Å². The van der Waals surface area contributed by atoms with E-state index in [-0.39, 0.29) is 12.4 Å². The summed E-state index contributed by atoms with van der Waals surface area (Å²) in [7, 11) is 1.99. The summed E-state index contributed by atoms with van der Waals surface area (Å²) in [6.45, 7) is 4.36. The number of hydrogen-bond acceptors (Lipinski definition) is 5. The first-order valence-electron chi connectivity index (χ1n) is 10.8. The molecule has 0 unspecified atom stereocenters. The highest BCUT2D eigenvalue weighted by atomic mass is 35.5. The lowest BCUT2D eigenvalue weighted by Gasteiger charge is -2.11. The molecular weight excluding hydrogens is 457 g/mol. The SMILES string of the molecule is CCOC(=O)Cc1ccc(Nc2cc(Cl)c(Cl)cc2N)cc1.CN[C@@H](C)Cc1ccccc1. The van der Waals surface area contributed by atoms with E-state index in [1.807, 2.05) is 37.4 Å². The summed E-state index contributed by atoms with van der Waals surface area (Å²) < 4.78 is 4.91. The topological polar surface area (TPSA) is 76.4 Å². The number of likely N-dealkylation sites (N-methyl/N-ethyl adjacent to an activating group) is 1. The highest BCUT2D eigenvalue weighted by Gasteiger charge is 2.07. The van der Waals surface area contributed by atoms with Crippen LogP contribution in [0.4, 0.5) is 17.1 Å². The van der Waals surface area contributed by atoms with Gasteiger partial charge in [0.1, 0.15) is 0 Å². The van der Waals surface area contributed by atoms with Crippen LogP contribution in [0.2, 0.25) is 10.0 Å². The number of benzene rings is 3. The van der Waals surface area contributed by atoms with Crippen molar-refractivity contribution in [1.82, 2.24) is 5.32 Å². The third kappa shape index (κ3) is 9.34. The van der Waals surface area contributed by atoms with Gasteiger partial charge in [0.05, 0.1) is 34.4 Å². The van der Waals surface area contributed by atoms with E-state index in [1.54, 1.807) is 19.1 Å². The Balaban J connectivity index is 0.000000294. The van der Waals surface area contributed by atoms with E-state index in [2.05, 4.69) is 41.8 Å². The second-order valence-corrected chi connectivity index (χ2v) is 8.35. The molecule has 0 spiro atoms. The Kier molecular flexibility index (Phi) is 11.0. The van der Waals surface area contributed by atoms with Gasteiger partial charge in [-0.2, -0.15) is 0 Å². The summed E-state index contributed by atoms with van der Waals surface area (Å²) in [5.41, 5.74) is 10.2. The standard InChI is InChI=1S/C16H16Cl2N2O2.C10H15N/c1-2-22-16(21)7-10-3-5-11(6-4-10)20-15-9-13(18)12(17)8-14(15)19;1-9(11-2)8-10-6-4-3-5-7-10/h3-6,8-9,20H,2,7,19H2,1H3;3-7,9,11H,8H2,1-2H3/t;9-/m.0/s1. The summed E-state index contributed by atoms with van der Waals surface area (Å²) in [4.78, 5) is 11.4. The molecule has 5 nitrogen and oxygen atoms in total. The Morgan fingerprint density at radius 2 is 1.64 bits per heavy atom. The number of carbonyl (C=O) groups is 1. The summed E-state index contributed by atoms with van der Waals surface area (Å²) in [6, 6.07) is 21.8. The van der Waals surface area contributed by atoms with Gasteiger partial charge in [0.25, 0.3) is 0 Å². The van der Waals surface area contributed by atoms with Crippen molar-refractivity contribution in [1.29, 1.82) is 0 Å². The van der Waals surface area contributed by atoms with Crippen LogP contribution in [0.5, 0.6) is 0 Å². The summed E-state index contributed by atoms with van der Waals surface area (Å²) >= 11 is 11.9. The van der Waals surface area contributed by atoms with Crippen molar-refractivity contribution in [3.63, 3.8) is 0 Å². The molecule has 0 heterocycles. The Hall–Kier alpha value is -2.73. The van der Waals surface area contributed by atoms with Crippen LogP contribution in [0.1, 0.15) is 25.0 Å². The van der Waals surface area contributed by atoms with Crippen LogP contribution in [0.15, 0.2) is 66.7 Å². The average molecular weight is 488 g/mol. The van der Waals surface area contributed by atoms with Crippen molar-refractivity contribution >= 4 is 46.2 Å². The quantitative estimate of drug-likeness (QED) is 0.258. The minimum absolute atomic E-state index is 0.239. The number of esters is 1. The third-order valence-electron chi connectivity index (χ3n) is 4.86. The zero-order chi connectivity index (χ0) is 24.2. The summed E-state index contributed by atoms with van der Waals surface area (Å²) in [6.07, 6.45) is 1.36. The van der Waals surface area contributed by atoms with Crippen LogP contribution in [0, 0.1) is 0 Å². The molecule has 176 valence electrons. The molecule has 0 radical (unpaired) electrons. The molecule has 1 atom stereocenters. The molecule has 0 bridgehead atoms. The maximum absolute atomic E-state index is 11.4. The van der Waals surface area contributed by atoms with E-state index in [9.17, 15) is 4.79 Å². The monoisotopic (exact) mass is 487 g/mol. The molecule has 0 saturated carbocycles. The molecule has 4 N–H and O–H groups in total. The average Bonchev–Trinajstić information content (AvgIpc) is 2.80. The first-order chi connectivity index (χ1) is 15.8. The second kappa shape index (κ2) is 13.7. The lowest BCUT2D eigenvalue weighted by molar-refractivity contribution is -0.142. The zero-order valence-electron chi connectivity index (χ0n) is 19.2. The Morgan fingerprint density at radius 3 is 2.24 bits per heavy atom. The fraction of sp³-hybridized carbons (Fsp3) is 0.269. The highest BCUT2D eigenvalue weighted by Crippen LogP contribution is 2.32. The van der Waals surface area contributed by atoms with Gasteiger partial charge < -0.3 is 21.1 Å². The molecule has 0 fully saturated rings.